The molecule has 1 aromatic heterocycles. The van der Waals surface area contributed by atoms with Gasteiger partial charge in [0.05, 0.1) is 17.8 Å². The van der Waals surface area contributed by atoms with Gasteiger partial charge in [-0.3, -0.25) is 4.90 Å². The Morgan fingerprint density at radius 1 is 1.22 bits per heavy atom. The highest BCUT2D eigenvalue weighted by molar-refractivity contribution is 6.61. The third-order valence-corrected chi connectivity index (χ3v) is 6.03. The molecule has 1 aromatic rings. The number of hydrogen-bond donors (Lipinski definition) is 1. The Bertz CT molecular complexity index is 622. The van der Waals surface area contributed by atoms with Crippen LogP contribution < -0.4 is 10.4 Å². The Morgan fingerprint density at radius 3 is 2.33 bits per heavy atom. The van der Waals surface area contributed by atoms with Crippen molar-refractivity contribution in [3.05, 3.63) is 12.4 Å². The Kier molecular flexibility index (Phi) is 5.82. The van der Waals surface area contributed by atoms with E-state index in [0.717, 1.165) is 37.5 Å². The van der Waals surface area contributed by atoms with Gasteiger partial charge in [-0.15, -0.1) is 0 Å². The maximum Gasteiger partial charge on any atom is 0.498 e. The summed E-state index contributed by atoms with van der Waals surface area (Å²) < 4.78 is 12.2. The Balaban J connectivity index is 1.73. The average Bonchev–Trinajstić information content (AvgIpc) is 3.10. The fourth-order valence-electron chi connectivity index (χ4n) is 3.77. The van der Waals surface area contributed by atoms with Gasteiger partial charge in [-0.1, -0.05) is 0 Å². The van der Waals surface area contributed by atoms with Gasteiger partial charge in [0.15, 0.2) is 0 Å². The van der Waals surface area contributed by atoms with Crippen LogP contribution in [0, 0.1) is 0 Å². The summed E-state index contributed by atoms with van der Waals surface area (Å²) in [7, 11) is -0.442. The number of likely N-dealkylation sites (tertiary alicyclic amines) is 1. The first-order valence-corrected chi connectivity index (χ1v) is 9.94. The van der Waals surface area contributed by atoms with E-state index in [9.17, 15) is 5.11 Å². The molecule has 0 spiro atoms. The molecule has 0 radical (unpaired) electrons. The number of anilines is 1. The zero-order valence-electron chi connectivity index (χ0n) is 17.5. The Hall–Kier alpha value is -1.22. The molecule has 3 rings (SSSR count). The highest BCUT2D eigenvalue weighted by Gasteiger charge is 2.52. The molecule has 2 fully saturated rings. The second kappa shape index (κ2) is 7.66. The summed E-state index contributed by atoms with van der Waals surface area (Å²) in [6.07, 6.45) is 4.70. The van der Waals surface area contributed by atoms with Crippen molar-refractivity contribution in [1.82, 2.24) is 14.9 Å². The summed E-state index contributed by atoms with van der Waals surface area (Å²) in [6.45, 7) is 15.4. The van der Waals surface area contributed by atoms with Gasteiger partial charge in [-0.25, -0.2) is 9.97 Å². The molecule has 8 heteroatoms. The zero-order valence-corrected chi connectivity index (χ0v) is 17.5. The lowest BCUT2D eigenvalue weighted by Gasteiger charge is -2.33. The smallest absolute Gasteiger partial charge is 0.399 e. The van der Waals surface area contributed by atoms with Crippen LogP contribution in [0.15, 0.2) is 12.4 Å². The lowest BCUT2D eigenvalue weighted by Crippen LogP contribution is -2.44. The lowest BCUT2D eigenvalue weighted by molar-refractivity contribution is 0.00578. The molecular formula is C19H33BN4O3. The molecule has 27 heavy (non-hydrogen) atoms. The third kappa shape index (κ3) is 4.13. The number of hydrogen-bond acceptors (Lipinski definition) is 7. The summed E-state index contributed by atoms with van der Waals surface area (Å²) in [4.78, 5) is 13.9. The van der Waals surface area contributed by atoms with Gasteiger partial charge in [0, 0.05) is 49.6 Å². The van der Waals surface area contributed by atoms with E-state index in [1.807, 2.05) is 40.1 Å². The summed E-state index contributed by atoms with van der Waals surface area (Å²) in [5.41, 5.74) is 0.0927. The van der Waals surface area contributed by atoms with E-state index in [-0.39, 0.29) is 17.8 Å². The van der Waals surface area contributed by atoms with Gasteiger partial charge in [-0.2, -0.15) is 0 Å². The Morgan fingerprint density at radius 2 is 1.81 bits per heavy atom. The van der Waals surface area contributed by atoms with Crippen LogP contribution in [0.4, 0.5) is 5.95 Å². The van der Waals surface area contributed by atoms with Gasteiger partial charge >= 0.3 is 7.12 Å². The van der Waals surface area contributed by atoms with E-state index < -0.39 is 7.12 Å². The molecule has 1 N–H and O–H groups in total. The van der Waals surface area contributed by atoms with E-state index in [4.69, 9.17) is 9.31 Å². The molecule has 3 heterocycles. The molecular weight excluding hydrogens is 343 g/mol. The molecule has 0 saturated carbocycles. The summed E-state index contributed by atoms with van der Waals surface area (Å²) >= 11 is 0. The second-order valence-electron chi connectivity index (χ2n) is 8.87. The fraction of sp³-hybridized carbons (Fsp3) is 0.789. The Labute approximate surface area is 163 Å². The summed E-state index contributed by atoms with van der Waals surface area (Å²) in [5, 5.41) is 9.18. The maximum atomic E-state index is 9.18. The van der Waals surface area contributed by atoms with E-state index in [1.54, 1.807) is 0 Å². The van der Waals surface area contributed by atoms with Crippen LogP contribution in [-0.2, 0) is 9.31 Å². The first kappa shape index (κ1) is 20.5. The van der Waals surface area contributed by atoms with Gasteiger partial charge < -0.3 is 19.3 Å². The number of aromatic nitrogens is 2. The van der Waals surface area contributed by atoms with Crippen LogP contribution in [0.3, 0.4) is 0 Å². The molecule has 1 atom stereocenters. The molecule has 0 unspecified atom stereocenters. The van der Waals surface area contributed by atoms with Crippen LogP contribution in [0.2, 0.25) is 0 Å². The van der Waals surface area contributed by atoms with Gasteiger partial charge in [0.25, 0.3) is 0 Å². The minimum Gasteiger partial charge on any atom is -0.399 e. The van der Waals surface area contributed by atoms with Crippen molar-refractivity contribution in [2.75, 3.05) is 31.1 Å². The number of β-amino-alcohol motifs (C(OH)–C–C–N with tert-alkyl or cyclic N) is 1. The molecule has 2 saturated heterocycles. The largest absolute Gasteiger partial charge is 0.498 e. The predicted octanol–water partition coefficient (Wildman–Crippen LogP) is 1.06. The van der Waals surface area contributed by atoms with Crippen LogP contribution >= 0.6 is 0 Å². The summed E-state index contributed by atoms with van der Waals surface area (Å²) in [5.74, 6) is 0.737. The third-order valence-electron chi connectivity index (χ3n) is 6.03. The zero-order chi connectivity index (χ0) is 19.8. The first-order valence-electron chi connectivity index (χ1n) is 9.94. The first-order chi connectivity index (χ1) is 12.6. The minimum atomic E-state index is -0.442. The number of nitrogens with zero attached hydrogens (tertiary/aromatic N) is 4. The van der Waals surface area contributed by atoms with E-state index in [1.165, 1.54) is 0 Å². The molecule has 0 aromatic carbocycles. The van der Waals surface area contributed by atoms with Crippen molar-refractivity contribution in [3.63, 3.8) is 0 Å². The van der Waals surface area contributed by atoms with Crippen molar-refractivity contribution >= 4 is 18.5 Å². The quantitative estimate of drug-likeness (QED) is 0.745. The fourth-order valence-corrected chi connectivity index (χ4v) is 3.77. The highest BCUT2D eigenvalue weighted by Crippen LogP contribution is 2.36. The van der Waals surface area contributed by atoms with Crippen molar-refractivity contribution < 1.29 is 14.4 Å². The number of rotatable bonds is 6. The molecule has 0 amide bonds. The van der Waals surface area contributed by atoms with Crippen molar-refractivity contribution in [1.29, 1.82) is 0 Å². The minimum absolute atomic E-state index is 0.202. The monoisotopic (exact) mass is 376 g/mol. The van der Waals surface area contributed by atoms with E-state index >= 15 is 0 Å². The molecule has 0 aliphatic carbocycles. The van der Waals surface area contributed by atoms with Crippen LogP contribution in [0.25, 0.3) is 0 Å². The van der Waals surface area contributed by atoms with E-state index in [0.29, 0.717) is 12.1 Å². The van der Waals surface area contributed by atoms with Gasteiger partial charge in [0.2, 0.25) is 5.95 Å². The van der Waals surface area contributed by atoms with Crippen molar-refractivity contribution in [2.45, 2.75) is 71.2 Å². The lowest BCUT2D eigenvalue weighted by atomic mass is 9.81. The van der Waals surface area contributed by atoms with Crippen LogP contribution in [0.5, 0.6) is 0 Å². The predicted molar refractivity (Wildman–Crippen MR) is 107 cm³/mol. The standard InChI is InChI=1S/C19H33BN4O3/c1-14(2)24(16-7-8-23(13-16)9-10-25)17-21-11-15(12-22-17)20-26-18(3,4)19(5,6)27-20/h11-12,14,16,25H,7-10,13H2,1-6H3/t16-/m1/s1. The van der Waals surface area contributed by atoms with Crippen molar-refractivity contribution in [3.8, 4) is 0 Å². The van der Waals surface area contributed by atoms with Gasteiger partial charge in [-0.05, 0) is 48.0 Å². The van der Waals surface area contributed by atoms with Crippen LogP contribution in [-0.4, -0.2) is 76.6 Å². The molecule has 7 nitrogen and oxygen atoms in total. The topological polar surface area (TPSA) is 71.0 Å². The second-order valence-corrected chi connectivity index (χ2v) is 8.87. The van der Waals surface area contributed by atoms with E-state index in [2.05, 4.69) is 33.6 Å². The van der Waals surface area contributed by atoms with Crippen molar-refractivity contribution in [2.24, 2.45) is 0 Å². The molecule has 0 bridgehead atoms. The molecule has 2 aliphatic rings. The van der Waals surface area contributed by atoms with Gasteiger partial charge in [0.1, 0.15) is 0 Å². The SMILES string of the molecule is CC(C)N(c1ncc(B2OC(C)(C)C(C)(C)O2)cn1)[C@@H]1CCN(CCO)C1. The molecule has 150 valence electrons. The molecule has 2 aliphatic heterocycles. The number of aliphatic hydroxyl groups excluding tert-OH is 1. The summed E-state index contributed by atoms with van der Waals surface area (Å²) in [6, 6.07) is 0.658. The average molecular weight is 376 g/mol. The number of aliphatic hydroxyl groups is 1. The van der Waals surface area contributed by atoms with Crippen LogP contribution in [0.1, 0.15) is 48.0 Å². The highest BCUT2D eigenvalue weighted by atomic mass is 16.7. The normalized spacial score (nSPS) is 24.7. The maximum absolute atomic E-state index is 9.18.